The van der Waals surface area contributed by atoms with Crippen LogP contribution in [0.25, 0.3) is 0 Å². The minimum absolute atomic E-state index is 0.260. The average molecular weight is 220 g/mol. The van der Waals surface area contributed by atoms with Crippen molar-refractivity contribution in [2.75, 3.05) is 0 Å². The smallest absolute Gasteiger partial charge is 0.321 e. The Bertz CT molecular complexity index is 409. The average Bonchev–Trinajstić information content (AvgIpc) is 2.49. The highest BCUT2D eigenvalue weighted by Crippen LogP contribution is 2.62. The Labute approximate surface area is 94.8 Å². The summed E-state index contributed by atoms with van der Waals surface area (Å²) >= 11 is 0. The molecule has 3 nitrogen and oxygen atoms in total. The van der Waals surface area contributed by atoms with Gasteiger partial charge in [0.05, 0.1) is 10.8 Å². The second-order valence-electron chi connectivity index (χ2n) is 5.48. The fraction of sp³-hybridized carbons (Fsp3) is 0.692. The van der Waals surface area contributed by atoms with Crippen LogP contribution in [-0.4, -0.2) is 11.9 Å². The predicted molar refractivity (Wildman–Crippen MR) is 57.4 cm³/mol. The van der Waals surface area contributed by atoms with E-state index in [-0.39, 0.29) is 11.9 Å². The molecule has 86 valence electrons. The quantitative estimate of drug-likeness (QED) is 0.357. The van der Waals surface area contributed by atoms with Crippen LogP contribution in [0.5, 0.6) is 0 Å². The molecule has 0 N–H and O–H groups in total. The van der Waals surface area contributed by atoms with Gasteiger partial charge < -0.3 is 4.74 Å². The zero-order valence-corrected chi connectivity index (χ0v) is 9.54. The minimum Gasteiger partial charge on any atom is -0.392 e. The highest BCUT2D eigenvalue weighted by molar-refractivity contribution is 6.02. The van der Waals surface area contributed by atoms with E-state index in [0.717, 1.165) is 32.1 Å². The molecule has 3 heteroatoms. The van der Waals surface area contributed by atoms with E-state index in [4.69, 9.17) is 4.74 Å². The van der Waals surface area contributed by atoms with Gasteiger partial charge >= 0.3 is 11.9 Å². The summed E-state index contributed by atoms with van der Waals surface area (Å²) in [6.45, 7) is 2.04. The highest BCUT2D eigenvalue weighted by Gasteiger charge is 2.68. The Hall–Kier alpha value is -1.12. The maximum absolute atomic E-state index is 12.0. The fourth-order valence-electron chi connectivity index (χ4n) is 3.81. The first-order chi connectivity index (χ1) is 7.61. The molecule has 1 saturated carbocycles. The standard InChI is InChI=1S/C13H16O3/c1-9-4-7-12-5-2-3-6-13(12,8-9)11(15)16-10(12)14/h4H,2-3,5-8H2,1H3/t12-,13+/m1/s1. The molecule has 3 rings (SSSR count). The summed E-state index contributed by atoms with van der Waals surface area (Å²) < 4.78 is 4.97. The Morgan fingerprint density at radius 1 is 1.12 bits per heavy atom. The van der Waals surface area contributed by atoms with Crippen LogP contribution in [-0.2, 0) is 14.3 Å². The molecule has 3 aliphatic rings. The number of hydrogen-bond acceptors (Lipinski definition) is 3. The van der Waals surface area contributed by atoms with E-state index in [0.29, 0.717) is 6.42 Å². The van der Waals surface area contributed by atoms with Crippen LogP contribution >= 0.6 is 0 Å². The largest absolute Gasteiger partial charge is 0.392 e. The summed E-state index contributed by atoms with van der Waals surface area (Å²) in [5, 5.41) is 0. The summed E-state index contributed by atoms with van der Waals surface area (Å²) in [6.07, 6.45) is 7.25. The summed E-state index contributed by atoms with van der Waals surface area (Å²) in [5.41, 5.74) is 0.201. The zero-order valence-electron chi connectivity index (χ0n) is 9.54. The minimum atomic E-state index is -0.513. The van der Waals surface area contributed by atoms with Crippen LogP contribution in [0.2, 0.25) is 0 Å². The lowest BCUT2D eigenvalue weighted by molar-refractivity contribution is -0.155. The molecule has 2 atom stereocenters. The molecule has 1 aliphatic heterocycles. The number of carbonyl (C=O) groups excluding carboxylic acids is 2. The van der Waals surface area contributed by atoms with Gasteiger partial charge in [-0.25, -0.2) is 0 Å². The Morgan fingerprint density at radius 2 is 1.75 bits per heavy atom. The van der Waals surface area contributed by atoms with Crippen LogP contribution in [0.3, 0.4) is 0 Å². The van der Waals surface area contributed by atoms with E-state index < -0.39 is 10.8 Å². The molecule has 0 radical (unpaired) electrons. The molecule has 1 heterocycles. The van der Waals surface area contributed by atoms with Crippen LogP contribution < -0.4 is 0 Å². The van der Waals surface area contributed by atoms with Crippen molar-refractivity contribution in [1.29, 1.82) is 0 Å². The van der Waals surface area contributed by atoms with Gasteiger partial charge in [-0.05, 0) is 32.6 Å². The number of hydrogen-bond donors (Lipinski definition) is 0. The molecule has 0 amide bonds. The maximum Gasteiger partial charge on any atom is 0.321 e. The van der Waals surface area contributed by atoms with Gasteiger partial charge in [0, 0.05) is 0 Å². The maximum atomic E-state index is 12.0. The van der Waals surface area contributed by atoms with E-state index in [1.165, 1.54) is 5.57 Å². The number of esters is 2. The molecular weight excluding hydrogens is 204 g/mol. The number of carbonyl (C=O) groups is 2. The molecule has 0 spiro atoms. The SMILES string of the molecule is CC1=CC[C@@]23CCCC[C@]2(C1)C(=O)OC3=O. The van der Waals surface area contributed by atoms with Crippen molar-refractivity contribution < 1.29 is 14.3 Å². The lowest BCUT2D eigenvalue weighted by atomic mass is 9.52. The van der Waals surface area contributed by atoms with E-state index in [9.17, 15) is 9.59 Å². The molecule has 1 saturated heterocycles. The number of ether oxygens (including phenoxy) is 1. The first-order valence-corrected chi connectivity index (χ1v) is 6.03. The van der Waals surface area contributed by atoms with Crippen LogP contribution in [0.4, 0.5) is 0 Å². The zero-order chi connectivity index (χ0) is 11.4. The van der Waals surface area contributed by atoms with E-state index >= 15 is 0 Å². The molecule has 2 fully saturated rings. The second-order valence-corrected chi connectivity index (χ2v) is 5.48. The summed E-state index contributed by atoms with van der Waals surface area (Å²) in [4.78, 5) is 24.0. The Morgan fingerprint density at radius 3 is 2.50 bits per heavy atom. The van der Waals surface area contributed by atoms with Crippen molar-refractivity contribution in [3.63, 3.8) is 0 Å². The molecule has 16 heavy (non-hydrogen) atoms. The van der Waals surface area contributed by atoms with Crippen molar-refractivity contribution >= 4 is 11.9 Å². The lowest BCUT2D eigenvalue weighted by Gasteiger charge is -2.46. The van der Waals surface area contributed by atoms with Gasteiger partial charge in [0.2, 0.25) is 0 Å². The van der Waals surface area contributed by atoms with Crippen molar-refractivity contribution in [3.8, 4) is 0 Å². The Balaban J connectivity index is 2.17. The normalized spacial score (nSPS) is 42.2. The molecule has 0 aromatic carbocycles. The van der Waals surface area contributed by atoms with Crippen molar-refractivity contribution in [1.82, 2.24) is 0 Å². The van der Waals surface area contributed by atoms with Crippen molar-refractivity contribution in [2.24, 2.45) is 10.8 Å². The monoisotopic (exact) mass is 220 g/mol. The van der Waals surface area contributed by atoms with Crippen molar-refractivity contribution in [2.45, 2.75) is 45.4 Å². The van der Waals surface area contributed by atoms with Crippen molar-refractivity contribution in [3.05, 3.63) is 11.6 Å². The first-order valence-electron chi connectivity index (χ1n) is 6.03. The lowest BCUT2D eigenvalue weighted by Crippen LogP contribution is -2.48. The highest BCUT2D eigenvalue weighted by atomic mass is 16.6. The third-order valence-electron chi connectivity index (χ3n) is 4.72. The topological polar surface area (TPSA) is 43.4 Å². The van der Waals surface area contributed by atoms with E-state index in [2.05, 4.69) is 6.08 Å². The van der Waals surface area contributed by atoms with E-state index in [1.807, 2.05) is 6.92 Å². The second kappa shape index (κ2) is 2.96. The molecule has 2 aliphatic carbocycles. The van der Waals surface area contributed by atoms with Crippen LogP contribution in [0.1, 0.15) is 45.4 Å². The Kier molecular flexibility index (Phi) is 1.86. The van der Waals surface area contributed by atoms with E-state index in [1.54, 1.807) is 0 Å². The fourth-order valence-corrected chi connectivity index (χ4v) is 3.81. The number of rotatable bonds is 0. The molecule has 0 unspecified atom stereocenters. The molecule has 0 aromatic rings. The van der Waals surface area contributed by atoms with Gasteiger partial charge in [-0.15, -0.1) is 0 Å². The molecule has 0 bridgehead atoms. The molecular formula is C13H16O3. The third kappa shape index (κ3) is 0.944. The third-order valence-corrected chi connectivity index (χ3v) is 4.72. The van der Waals surface area contributed by atoms with Gasteiger partial charge in [0.15, 0.2) is 0 Å². The molecule has 0 aromatic heterocycles. The van der Waals surface area contributed by atoms with Gasteiger partial charge in [0.25, 0.3) is 0 Å². The predicted octanol–water partition coefficient (Wildman–Crippen LogP) is 2.36. The van der Waals surface area contributed by atoms with Crippen LogP contribution in [0, 0.1) is 10.8 Å². The number of allylic oxidation sites excluding steroid dienone is 2. The summed E-state index contributed by atoms with van der Waals surface area (Å²) in [7, 11) is 0. The summed E-state index contributed by atoms with van der Waals surface area (Å²) in [5.74, 6) is -0.523. The van der Waals surface area contributed by atoms with Gasteiger partial charge in [-0.2, -0.15) is 0 Å². The first kappa shape index (κ1) is 10.1. The van der Waals surface area contributed by atoms with Gasteiger partial charge in [-0.3, -0.25) is 9.59 Å². The van der Waals surface area contributed by atoms with Gasteiger partial charge in [0.1, 0.15) is 0 Å². The number of cyclic esters (lactones) is 2. The van der Waals surface area contributed by atoms with Crippen LogP contribution in [0.15, 0.2) is 11.6 Å². The van der Waals surface area contributed by atoms with Gasteiger partial charge in [-0.1, -0.05) is 24.5 Å². The summed E-state index contributed by atoms with van der Waals surface area (Å²) in [6, 6.07) is 0.